The Morgan fingerprint density at radius 1 is 1.09 bits per heavy atom. The van der Waals surface area contributed by atoms with Crippen molar-refractivity contribution in [2.24, 2.45) is 0 Å². The molecule has 6 heteroatoms. The van der Waals surface area contributed by atoms with E-state index in [9.17, 15) is 0 Å². The fourth-order valence-corrected chi connectivity index (χ4v) is 0.978. The smallest absolute Gasteiger partial charge is 0.106 e. The summed E-state index contributed by atoms with van der Waals surface area (Å²) in [7, 11) is 0. The van der Waals surface area contributed by atoms with Crippen molar-refractivity contribution in [1.29, 1.82) is 0 Å². The normalized spacial score (nSPS) is 27.3. The highest BCUT2D eigenvalue weighted by molar-refractivity contribution is 4.58. The molecule has 1 unspecified atom stereocenters. The Morgan fingerprint density at radius 2 is 1.55 bits per heavy atom. The lowest BCUT2D eigenvalue weighted by Gasteiger charge is -2.37. The first-order valence-corrected chi connectivity index (χ1v) is 3.39. The average molecular weight is 163 g/mol. The standard InChI is InChI=1S/C5H13N3O3/c1-5(9)6-2-7(10)4-8(11)3-6/h5,9-11H,2-4H2,1H3. The summed E-state index contributed by atoms with van der Waals surface area (Å²) in [6, 6.07) is 0. The Morgan fingerprint density at radius 3 is 1.91 bits per heavy atom. The molecule has 0 aromatic rings. The van der Waals surface area contributed by atoms with Crippen LogP contribution in [0.3, 0.4) is 0 Å². The minimum Gasteiger partial charge on any atom is -0.379 e. The molecule has 66 valence electrons. The lowest BCUT2D eigenvalue weighted by Crippen LogP contribution is -2.55. The van der Waals surface area contributed by atoms with E-state index in [1.54, 1.807) is 6.92 Å². The van der Waals surface area contributed by atoms with Gasteiger partial charge in [-0.15, -0.1) is 0 Å². The van der Waals surface area contributed by atoms with E-state index in [0.717, 1.165) is 10.1 Å². The van der Waals surface area contributed by atoms with Crippen LogP contribution in [0.25, 0.3) is 0 Å². The summed E-state index contributed by atoms with van der Waals surface area (Å²) in [6.07, 6.45) is -0.667. The van der Waals surface area contributed by atoms with Gasteiger partial charge in [-0.25, -0.2) is 4.90 Å². The highest BCUT2D eigenvalue weighted by atomic mass is 16.6. The first-order valence-electron chi connectivity index (χ1n) is 3.39. The Bertz CT molecular complexity index is 122. The zero-order chi connectivity index (χ0) is 8.43. The number of aliphatic hydroxyl groups excluding tert-OH is 1. The molecule has 11 heavy (non-hydrogen) atoms. The van der Waals surface area contributed by atoms with Crippen molar-refractivity contribution < 1.29 is 15.5 Å². The second-order valence-corrected chi connectivity index (χ2v) is 2.66. The van der Waals surface area contributed by atoms with Crippen molar-refractivity contribution in [1.82, 2.24) is 15.0 Å². The lowest BCUT2D eigenvalue weighted by atomic mass is 10.5. The Hall–Kier alpha value is -0.240. The monoisotopic (exact) mass is 163 g/mol. The molecule has 0 aliphatic carbocycles. The van der Waals surface area contributed by atoms with Gasteiger partial charge >= 0.3 is 0 Å². The van der Waals surface area contributed by atoms with Crippen LogP contribution in [0, 0.1) is 0 Å². The van der Waals surface area contributed by atoms with E-state index >= 15 is 0 Å². The minimum atomic E-state index is -0.667. The van der Waals surface area contributed by atoms with Gasteiger partial charge < -0.3 is 15.5 Å². The maximum atomic E-state index is 9.06. The van der Waals surface area contributed by atoms with E-state index in [-0.39, 0.29) is 20.0 Å². The molecule has 6 nitrogen and oxygen atoms in total. The van der Waals surface area contributed by atoms with Crippen LogP contribution in [0.15, 0.2) is 0 Å². The SMILES string of the molecule is CC(O)N1CN(O)CN(O)C1. The molecule has 3 N–H and O–H groups in total. The van der Waals surface area contributed by atoms with Crippen LogP contribution in [0.1, 0.15) is 6.92 Å². The zero-order valence-electron chi connectivity index (χ0n) is 6.38. The first-order chi connectivity index (χ1) is 5.09. The van der Waals surface area contributed by atoms with Crippen molar-refractivity contribution >= 4 is 0 Å². The highest BCUT2D eigenvalue weighted by Crippen LogP contribution is 2.04. The van der Waals surface area contributed by atoms with Gasteiger partial charge in [-0.1, -0.05) is 0 Å². The molecule has 0 aromatic heterocycles. The predicted molar refractivity (Wildman–Crippen MR) is 35.4 cm³/mol. The fourth-order valence-electron chi connectivity index (χ4n) is 0.978. The number of aliphatic hydroxyl groups is 1. The topological polar surface area (TPSA) is 70.4 Å². The van der Waals surface area contributed by atoms with E-state index in [0.29, 0.717) is 0 Å². The Labute approximate surface area is 64.8 Å². The van der Waals surface area contributed by atoms with Gasteiger partial charge in [0.2, 0.25) is 0 Å². The van der Waals surface area contributed by atoms with Crippen LogP contribution >= 0.6 is 0 Å². The van der Waals surface area contributed by atoms with E-state index in [2.05, 4.69) is 0 Å². The molecule has 1 saturated heterocycles. The van der Waals surface area contributed by atoms with Crippen molar-refractivity contribution in [3.8, 4) is 0 Å². The predicted octanol–water partition coefficient (Wildman–Crippen LogP) is -1.10. The molecule has 0 amide bonds. The van der Waals surface area contributed by atoms with Crippen LogP contribution in [0.4, 0.5) is 0 Å². The van der Waals surface area contributed by atoms with E-state index in [1.807, 2.05) is 0 Å². The number of hydroxylamine groups is 4. The average Bonchev–Trinajstić information content (AvgIpc) is 1.85. The largest absolute Gasteiger partial charge is 0.379 e. The van der Waals surface area contributed by atoms with Crippen LogP contribution in [0.5, 0.6) is 0 Å². The summed E-state index contributed by atoms with van der Waals surface area (Å²) in [6.45, 7) is 2.15. The second kappa shape index (κ2) is 3.44. The molecular formula is C5H13N3O3. The molecule has 1 fully saturated rings. The number of hydrogen-bond donors (Lipinski definition) is 3. The Kier molecular flexibility index (Phi) is 2.77. The van der Waals surface area contributed by atoms with E-state index in [4.69, 9.17) is 15.5 Å². The van der Waals surface area contributed by atoms with Crippen molar-refractivity contribution in [2.45, 2.75) is 13.2 Å². The highest BCUT2D eigenvalue weighted by Gasteiger charge is 2.23. The van der Waals surface area contributed by atoms with Gasteiger partial charge in [-0.05, 0) is 6.92 Å². The summed E-state index contributed by atoms with van der Waals surface area (Å²) >= 11 is 0. The van der Waals surface area contributed by atoms with Crippen molar-refractivity contribution in [3.63, 3.8) is 0 Å². The summed E-state index contributed by atoms with van der Waals surface area (Å²) in [4.78, 5) is 1.50. The van der Waals surface area contributed by atoms with Gasteiger partial charge in [0.15, 0.2) is 0 Å². The maximum absolute atomic E-state index is 9.06. The summed E-state index contributed by atoms with van der Waals surface area (Å²) in [5, 5.41) is 28.8. The fraction of sp³-hybridized carbons (Fsp3) is 1.00. The van der Waals surface area contributed by atoms with E-state index < -0.39 is 6.23 Å². The number of hydrogen-bond acceptors (Lipinski definition) is 6. The molecular weight excluding hydrogens is 150 g/mol. The molecule has 0 saturated carbocycles. The first kappa shape index (κ1) is 8.85. The van der Waals surface area contributed by atoms with Gasteiger partial charge in [0.25, 0.3) is 0 Å². The third-order valence-electron chi connectivity index (χ3n) is 1.54. The maximum Gasteiger partial charge on any atom is 0.106 e. The van der Waals surface area contributed by atoms with E-state index in [1.165, 1.54) is 4.90 Å². The summed E-state index contributed by atoms with van der Waals surface area (Å²) in [5.74, 6) is 0. The molecule has 1 aliphatic rings. The molecule has 0 spiro atoms. The molecule has 0 bridgehead atoms. The summed E-state index contributed by atoms with van der Waals surface area (Å²) < 4.78 is 0. The van der Waals surface area contributed by atoms with Crippen LogP contribution in [-0.2, 0) is 0 Å². The van der Waals surface area contributed by atoms with Crippen molar-refractivity contribution in [3.05, 3.63) is 0 Å². The van der Waals surface area contributed by atoms with Crippen molar-refractivity contribution in [2.75, 3.05) is 20.0 Å². The zero-order valence-corrected chi connectivity index (χ0v) is 6.38. The molecule has 1 rings (SSSR count). The van der Waals surface area contributed by atoms with Gasteiger partial charge in [0.1, 0.15) is 12.9 Å². The third-order valence-corrected chi connectivity index (χ3v) is 1.54. The molecule has 0 aromatic carbocycles. The van der Waals surface area contributed by atoms with Gasteiger partial charge in [0.05, 0.1) is 13.3 Å². The Balaban J connectivity index is 2.43. The number of rotatable bonds is 1. The molecule has 1 heterocycles. The minimum absolute atomic E-state index is 0.0865. The van der Waals surface area contributed by atoms with Gasteiger partial charge in [0, 0.05) is 0 Å². The summed E-state index contributed by atoms with van der Waals surface area (Å²) in [5.41, 5.74) is 0. The van der Waals surface area contributed by atoms with Crippen LogP contribution in [0.2, 0.25) is 0 Å². The van der Waals surface area contributed by atoms with Crippen LogP contribution in [-0.4, -0.2) is 56.8 Å². The quantitative estimate of drug-likeness (QED) is 0.455. The number of nitrogens with zero attached hydrogens (tertiary/aromatic N) is 3. The molecule has 1 aliphatic heterocycles. The van der Waals surface area contributed by atoms with Gasteiger partial charge in [-0.3, -0.25) is 0 Å². The molecule has 1 atom stereocenters. The second-order valence-electron chi connectivity index (χ2n) is 2.66. The van der Waals surface area contributed by atoms with Crippen LogP contribution < -0.4 is 0 Å². The van der Waals surface area contributed by atoms with Gasteiger partial charge in [-0.2, -0.15) is 10.1 Å². The third kappa shape index (κ3) is 2.37. The lowest BCUT2D eigenvalue weighted by molar-refractivity contribution is -0.286. The molecule has 0 radical (unpaired) electrons.